The normalized spacial score (nSPS) is 22.0. The molecule has 0 radical (unpaired) electrons. The summed E-state index contributed by atoms with van der Waals surface area (Å²) < 4.78 is 0. The van der Waals surface area contributed by atoms with Crippen molar-refractivity contribution >= 4 is 18.6 Å². The standard InChI is InChI=1S/C4H6N4O2S/c1-2(3(9)10)4(11)5-7-8-6-4/h2,11H,1H3,(H,9,10). The molecule has 0 saturated carbocycles. The van der Waals surface area contributed by atoms with E-state index in [4.69, 9.17) is 5.11 Å². The SMILES string of the molecule is CC(C(=O)O)C1(S)N=NN=N1. The summed E-state index contributed by atoms with van der Waals surface area (Å²) >= 11 is 3.91. The average Bonchev–Trinajstić information content (AvgIpc) is 2.35. The van der Waals surface area contributed by atoms with Crippen LogP contribution in [0.25, 0.3) is 0 Å². The van der Waals surface area contributed by atoms with Crippen molar-refractivity contribution in [3.05, 3.63) is 0 Å². The molecule has 0 aromatic rings. The average molecular weight is 174 g/mol. The van der Waals surface area contributed by atoms with Crippen LogP contribution < -0.4 is 0 Å². The van der Waals surface area contributed by atoms with Crippen LogP contribution in [0.3, 0.4) is 0 Å². The Balaban J connectivity index is 2.81. The van der Waals surface area contributed by atoms with Crippen molar-refractivity contribution in [2.75, 3.05) is 0 Å². The lowest BCUT2D eigenvalue weighted by Crippen LogP contribution is -2.30. The predicted molar refractivity (Wildman–Crippen MR) is 38.2 cm³/mol. The Bertz CT molecular complexity index is 226. The summed E-state index contributed by atoms with van der Waals surface area (Å²) in [5.74, 6) is -1.86. The number of aliphatic carboxylic acids is 1. The first-order valence-corrected chi connectivity index (χ1v) is 3.30. The summed E-state index contributed by atoms with van der Waals surface area (Å²) in [7, 11) is 0. The zero-order valence-electron chi connectivity index (χ0n) is 5.67. The second-order valence-electron chi connectivity index (χ2n) is 2.13. The minimum Gasteiger partial charge on any atom is -0.481 e. The van der Waals surface area contributed by atoms with Gasteiger partial charge in [0, 0.05) is 0 Å². The monoisotopic (exact) mass is 174 g/mol. The molecular formula is C4H6N4O2S. The molecule has 1 heterocycles. The van der Waals surface area contributed by atoms with E-state index in [1.807, 2.05) is 0 Å². The second-order valence-corrected chi connectivity index (χ2v) is 2.78. The van der Waals surface area contributed by atoms with Crippen LogP contribution in [-0.2, 0) is 4.79 Å². The fourth-order valence-electron chi connectivity index (χ4n) is 0.531. The molecule has 0 aliphatic carbocycles. The Kier molecular flexibility index (Phi) is 1.90. The van der Waals surface area contributed by atoms with E-state index in [9.17, 15) is 4.79 Å². The minimum atomic E-state index is -1.31. The Morgan fingerprint density at radius 1 is 1.55 bits per heavy atom. The highest BCUT2D eigenvalue weighted by Crippen LogP contribution is 2.32. The van der Waals surface area contributed by atoms with Crippen LogP contribution in [0.1, 0.15) is 6.92 Å². The van der Waals surface area contributed by atoms with Gasteiger partial charge in [0.2, 0.25) is 0 Å². The summed E-state index contributed by atoms with van der Waals surface area (Å²) in [6.45, 7) is 1.44. The zero-order valence-corrected chi connectivity index (χ0v) is 6.56. The molecule has 1 N–H and O–H groups in total. The number of carboxylic acid groups (broad SMARTS) is 1. The van der Waals surface area contributed by atoms with Crippen molar-refractivity contribution in [1.29, 1.82) is 0 Å². The van der Waals surface area contributed by atoms with Crippen LogP contribution in [0, 0.1) is 5.92 Å². The zero-order chi connectivity index (χ0) is 8.48. The lowest BCUT2D eigenvalue weighted by Gasteiger charge is -2.16. The number of hydrogen-bond acceptors (Lipinski definition) is 6. The third kappa shape index (κ3) is 1.37. The molecule has 0 spiro atoms. The molecule has 0 fully saturated rings. The van der Waals surface area contributed by atoms with Gasteiger partial charge in [0.05, 0.1) is 0 Å². The van der Waals surface area contributed by atoms with Crippen molar-refractivity contribution in [3.8, 4) is 0 Å². The highest BCUT2D eigenvalue weighted by atomic mass is 32.1. The van der Waals surface area contributed by atoms with Crippen LogP contribution in [0.2, 0.25) is 0 Å². The van der Waals surface area contributed by atoms with Crippen molar-refractivity contribution < 1.29 is 9.90 Å². The third-order valence-corrected chi connectivity index (χ3v) is 1.94. The third-order valence-electron chi connectivity index (χ3n) is 1.38. The van der Waals surface area contributed by atoms with Gasteiger partial charge in [-0.25, -0.2) is 0 Å². The molecule has 0 saturated heterocycles. The first-order valence-electron chi connectivity index (χ1n) is 2.85. The van der Waals surface area contributed by atoms with Crippen molar-refractivity contribution in [1.82, 2.24) is 0 Å². The summed E-state index contributed by atoms with van der Waals surface area (Å²) in [6, 6.07) is 0. The number of carboxylic acids is 1. The number of hydrogen-bond donors (Lipinski definition) is 2. The Hall–Kier alpha value is -0.980. The first kappa shape index (κ1) is 8.12. The maximum atomic E-state index is 10.4. The number of carbonyl (C=O) groups is 1. The van der Waals surface area contributed by atoms with E-state index in [1.54, 1.807) is 0 Å². The fourth-order valence-corrected chi connectivity index (χ4v) is 0.721. The smallest absolute Gasteiger partial charge is 0.311 e. The maximum absolute atomic E-state index is 10.4. The van der Waals surface area contributed by atoms with Gasteiger partial charge in [-0.2, -0.15) is 0 Å². The van der Waals surface area contributed by atoms with Gasteiger partial charge in [-0.1, -0.05) is 0 Å². The summed E-state index contributed by atoms with van der Waals surface area (Å²) in [4.78, 5) is 9.13. The van der Waals surface area contributed by atoms with E-state index in [1.165, 1.54) is 6.92 Å². The van der Waals surface area contributed by atoms with Crippen LogP contribution in [-0.4, -0.2) is 16.1 Å². The van der Waals surface area contributed by atoms with E-state index >= 15 is 0 Å². The van der Waals surface area contributed by atoms with Gasteiger partial charge in [-0.05, 0) is 17.4 Å². The molecule has 0 aromatic heterocycles. The molecule has 60 valence electrons. The van der Waals surface area contributed by atoms with Crippen LogP contribution in [0.4, 0.5) is 0 Å². The number of nitrogens with zero attached hydrogens (tertiary/aromatic N) is 4. The topological polar surface area (TPSA) is 86.7 Å². The van der Waals surface area contributed by atoms with Crippen molar-refractivity contribution in [2.24, 2.45) is 26.6 Å². The molecule has 0 aromatic carbocycles. The molecule has 6 nitrogen and oxygen atoms in total. The molecule has 1 aliphatic rings. The lowest BCUT2D eigenvalue weighted by molar-refractivity contribution is -0.142. The van der Waals surface area contributed by atoms with Crippen molar-refractivity contribution in [2.45, 2.75) is 11.9 Å². The molecule has 0 bridgehead atoms. The van der Waals surface area contributed by atoms with Crippen LogP contribution in [0.15, 0.2) is 20.7 Å². The largest absolute Gasteiger partial charge is 0.481 e. The molecule has 11 heavy (non-hydrogen) atoms. The van der Waals surface area contributed by atoms with Gasteiger partial charge in [-0.3, -0.25) is 4.79 Å². The predicted octanol–water partition coefficient (Wildman–Crippen LogP) is 1.12. The van der Waals surface area contributed by atoms with Gasteiger partial charge in [0.1, 0.15) is 5.92 Å². The van der Waals surface area contributed by atoms with Gasteiger partial charge in [0.15, 0.2) is 0 Å². The molecule has 7 heteroatoms. The summed E-state index contributed by atoms with van der Waals surface area (Å²) in [6.07, 6.45) is 0. The summed E-state index contributed by atoms with van der Waals surface area (Å²) in [5.41, 5.74) is 0. The highest BCUT2D eigenvalue weighted by Gasteiger charge is 2.40. The molecule has 1 rings (SSSR count). The van der Waals surface area contributed by atoms with Gasteiger partial charge < -0.3 is 5.11 Å². The van der Waals surface area contributed by atoms with Gasteiger partial charge >= 0.3 is 5.97 Å². The van der Waals surface area contributed by atoms with Gasteiger partial charge in [-0.15, -0.1) is 22.9 Å². The fraction of sp³-hybridized carbons (Fsp3) is 0.750. The van der Waals surface area contributed by atoms with Crippen LogP contribution >= 0.6 is 12.6 Å². The van der Waals surface area contributed by atoms with Crippen molar-refractivity contribution in [3.63, 3.8) is 0 Å². The summed E-state index contributed by atoms with van der Waals surface area (Å²) in [5, 5.41) is 21.9. The number of thiol groups is 1. The first-order chi connectivity index (χ1) is 5.06. The second kappa shape index (κ2) is 2.57. The Labute approximate surface area is 67.8 Å². The van der Waals surface area contributed by atoms with Crippen LogP contribution in [0.5, 0.6) is 0 Å². The van der Waals surface area contributed by atoms with Gasteiger partial charge in [0.25, 0.3) is 4.99 Å². The Morgan fingerprint density at radius 3 is 2.36 bits per heavy atom. The molecule has 0 amide bonds. The highest BCUT2D eigenvalue weighted by molar-refractivity contribution is 7.81. The molecule has 1 atom stereocenters. The van der Waals surface area contributed by atoms with E-state index in [2.05, 4.69) is 33.3 Å². The quantitative estimate of drug-likeness (QED) is 0.614. The lowest BCUT2D eigenvalue weighted by atomic mass is 10.1. The number of rotatable bonds is 2. The molecule has 1 unspecified atom stereocenters. The van der Waals surface area contributed by atoms with E-state index in [0.29, 0.717) is 0 Å². The Morgan fingerprint density at radius 2 is 2.00 bits per heavy atom. The van der Waals surface area contributed by atoms with E-state index in [0.717, 1.165) is 0 Å². The van der Waals surface area contributed by atoms with E-state index < -0.39 is 16.9 Å². The minimum absolute atomic E-state index is 0.833. The maximum Gasteiger partial charge on any atom is 0.311 e. The molecular weight excluding hydrogens is 168 g/mol. The molecule has 1 aliphatic heterocycles. The van der Waals surface area contributed by atoms with E-state index in [-0.39, 0.29) is 0 Å².